The van der Waals surface area contributed by atoms with Crippen molar-refractivity contribution >= 4 is 32.6 Å². The van der Waals surface area contributed by atoms with Gasteiger partial charge < -0.3 is 14.2 Å². The van der Waals surface area contributed by atoms with Crippen molar-refractivity contribution in [3.8, 4) is 0 Å². The molecule has 2 aromatic carbocycles. The van der Waals surface area contributed by atoms with Gasteiger partial charge in [0.25, 0.3) is 0 Å². The van der Waals surface area contributed by atoms with E-state index in [9.17, 15) is 13.2 Å². The Hall–Kier alpha value is -2.84. The number of aryl methyl sites for hydroxylation is 1. The molecule has 1 aliphatic rings. The first-order valence-corrected chi connectivity index (χ1v) is 12.4. The van der Waals surface area contributed by atoms with Crippen LogP contribution < -0.4 is 4.90 Å². The summed E-state index contributed by atoms with van der Waals surface area (Å²) in [5.41, 5.74) is 3.01. The third kappa shape index (κ3) is 4.66. The molecule has 0 radical (unpaired) electrons. The normalized spacial score (nSPS) is 16.3. The Morgan fingerprint density at radius 2 is 1.78 bits per heavy atom. The lowest BCUT2D eigenvalue weighted by Crippen LogP contribution is -2.50. The predicted molar refractivity (Wildman–Crippen MR) is 126 cm³/mol. The Kier molecular flexibility index (Phi) is 6.26. The third-order valence-corrected chi connectivity index (χ3v) is 7.90. The van der Waals surface area contributed by atoms with Crippen molar-refractivity contribution in [2.24, 2.45) is 0 Å². The van der Waals surface area contributed by atoms with Crippen molar-refractivity contribution in [3.05, 3.63) is 65.9 Å². The van der Waals surface area contributed by atoms with Crippen molar-refractivity contribution in [1.29, 1.82) is 0 Å². The lowest BCUT2D eigenvalue weighted by Gasteiger charge is -2.35. The fourth-order valence-corrected chi connectivity index (χ4v) is 5.43. The molecule has 0 aliphatic carbocycles. The zero-order valence-corrected chi connectivity index (χ0v) is 19.5. The molecule has 1 unspecified atom stereocenters. The molecule has 1 amide bonds. The molecule has 7 nitrogen and oxygen atoms in total. The van der Waals surface area contributed by atoms with Crippen LogP contribution in [-0.4, -0.2) is 62.5 Å². The molecule has 3 aromatic rings. The van der Waals surface area contributed by atoms with Crippen LogP contribution in [0.15, 0.2) is 59.0 Å². The van der Waals surface area contributed by atoms with Gasteiger partial charge in [0.05, 0.1) is 6.04 Å². The minimum atomic E-state index is -3.70. The zero-order valence-electron chi connectivity index (χ0n) is 18.7. The second kappa shape index (κ2) is 8.96. The van der Waals surface area contributed by atoms with Crippen LogP contribution in [-0.2, 0) is 14.8 Å². The van der Waals surface area contributed by atoms with E-state index in [2.05, 4.69) is 11.0 Å². The molecule has 2 heterocycles. The lowest BCUT2D eigenvalue weighted by molar-refractivity contribution is -0.129. The molecule has 170 valence electrons. The SMILES string of the molecule is Cc1cccc(N2CCN(S(=O)(=O)CC(=O)N(C)C(C)c3cc4ccccc4o3)CC2)c1. The fourth-order valence-electron chi connectivity index (χ4n) is 4.01. The number of anilines is 1. The van der Waals surface area contributed by atoms with Gasteiger partial charge in [-0.25, -0.2) is 8.42 Å². The number of hydrogen-bond donors (Lipinski definition) is 0. The first kappa shape index (κ1) is 22.4. The molecule has 32 heavy (non-hydrogen) atoms. The summed E-state index contributed by atoms with van der Waals surface area (Å²) in [6, 6.07) is 17.3. The fraction of sp³-hybridized carbons (Fsp3) is 0.375. The van der Waals surface area contributed by atoms with Crippen LogP contribution in [0.4, 0.5) is 5.69 Å². The molecule has 1 fully saturated rings. The number of sulfonamides is 1. The van der Waals surface area contributed by atoms with Gasteiger partial charge in [-0.15, -0.1) is 0 Å². The van der Waals surface area contributed by atoms with Gasteiger partial charge in [0, 0.05) is 44.3 Å². The summed E-state index contributed by atoms with van der Waals surface area (Å²) in [5.74, 6) is -0.358. The standard InChI is InChI=1S/C24H29N3O4S/c1-18-7-6-9-21(15-18)26-11-13-27(14-12-26)32(29,30)17-24(28)25(3)19(2)23-16-20-8-4-5-10-22(20)31-23/h4-10,15-16,19H,11-14,17H2,1-3H3. The molecule has 0 bridgehead atoms. The number of furan rings is 1. The van der Waals surface area contributed by atoms with E-state index < -0.39 is 21.7 Å². The van der Waals surface area contributed by atoms with Gasteiger partial charge in [0.1, 0.15) is 17.1 Å². The summed E-state index contributed by atoms with van der Waals surface area (Å²) in [6.45, 7) is 5.81. The quantitative estimate of drug-likeness (QED) is 0.570. The molecule has 0 saturated carbocycles. The number of fused-ring (bicyclic) bond motifs is 1. The van der Waals surface area contributed by atoms with Gasteiger partial charge in [-0.05, 0) is 43.7 Å². The molecule has 1 saturated heterocycles. The second-order valence-electron chi connectivity index (χ2n) is 8.35. The summed E-state index contributed by atoms with van der Waals surface area (Å²) in [7, 11) is -2.08. The molecule has 1 atom stereocenters. The minimum Gasteiger partial charge on any atom is -0.459 e. The maximum atomic E-state index is 12.9. The first-order valence-electron chi connectivity index (χ1n) is 10.8. The van der Waals surface area contributed by atoms with E-state index >= 15 is 0 Å². The number of rotatable bonds is 6. The van der Waals surface area contributed by atoms with E-state index in [1.165, 1.54) is 14.8 Å². The van der Waals surface area contributed by atoms with E-state index in [0.717, 1.165) is 16.7 Å². The summed E-state index contributed by atoms with van der Waals surface area (Å²) >= 11 is 0. The highest BCUT2D eigenvalue weighted by molar-refractivity contribution is 7.89. The van der Waals surface area contributed by atoms with Gasteiger partial charge in [0.2, 0.25) is 15.9 Å². The highest BCUT2D eigenvalue weighted by atomic mass is 32.2. The van der Waals surface area contributed by atoms with Crippen molar-refractivity contribution in [1.82, 2.24) is 9.21 Å². The van der Waals surface area contributed by atoms with Crippen LogP contribution in [0.5, 0.6) is 0 Å². The molecule has 1 aromatic heterocycles. The second-order valence-corrected chi connectivity index (χ2v) is 10.3. The molecular formula is C24H29N3O4S. The number of para-hydroxylation sites is 1. The van der Waals surface area contributed by atoms with Crippen LogP contribution in [0.2, 0.25) is 0 Å². The van der Waals surface area contributed by atoms with Gasteiger partial charge in [-0.3, -0.25) is 4.79 Å². The highest BCUT2D eigenvalue weighted by Crippen LogP contribution is 2.27. The van der Waals surface area contributed by atoms with Crippen LogP contribution in [0.1, 0.15) is 24.3 Å². The Bertz CT molecular complexity index is 1180. The number of carbonyl (C=O) groups is 1. The van der Waals surface area contributed by atoms with E-state index in [-0.39, 0.29) is 6.04 Å². The molecule has 0 N–H and O–H groups in total. The summed E-state index contributed by atoms with van der Waals surface area (Å²) < 4.78 is 33.1. The van der Waals surface area contributed by atoms with Crippen LogP contribution in [0.3, 0.4) is 0 Å². The topological polar surface area (TPSA) is 74.1 Å². The van der Waals surface area contributed by atoms with Gasteiger partial charge in [-0.1, -0.05) is 30.3 Å². The molecule has 8 heteroatoms. The van der Waals surface area contributed by atoms with Gasteiger partial charge in [-0.2, -0.15) is 4.31 Å². The van der Waals surface area contributed by atoms with Gasteiger partial charge >= 0.3 is 0 Å². The van der Waals surface area contributed by atoms with Crippen LogP contribution in [0, 0.1) is 6.92 Å². The van der Waals surface area contributed by atoms with E-state index in [4.69, 9.17) is 4.42 Å². The average molecular weight is 456 g/mol. The lowest BCUT2D eigenvalue weighted by atomic mass is 10.2. The van der Waals surface area contributed by atoms with E-state index in [0.29, 0.717) is 31.9 Å². The van der Waals surface area contributed by atoms with Crippen molar-refractivity contribution in [2.75, 3.05) is 43.9 Å². The van der Waals surface area contributed by atoms with Crippen molar-refractivity contribution in [2.45, 2.75) is 19.9 Å². The number of benzene rings is 2. The van der Waals surface area contributed by atoms with E-state index in [1.54, 1.807) is 7.05 Å². The average Bonchev–Trinajstić information content (AvgIpc) is 3.22. The van der Waals surface area contributed by atoms with Crippen LogP contribution in [0.25, 0.3) is 11.0 Å². The Morgan fingerprint density at radius 3 is 2.47 bits per heavy atom. The number of carbonyl (C=O) groups excluding carboxylic acids is 1. The first-order chi connectivity index (χ1) is 15.2. The monoisotopic (exact) mass is 455 g/mol. The van der Waals surface area contributed by atoms with E-state index in [1.807, 2.05) is 62.4 Å². The maximum Gasteiger partial charge on any atom is 0.239 e. The molecule has 1 aliphatic heterocycles. The summed E-state index contributed by atoms with van der Waals surface area (Å²) in [6.07, 6.45) is 0. The smallest absolute Gasteiger partial charge is 0.239 e. The molecular weight excluding hydrogens is 426 g/mol. The number of piperazine rings is 1. The Morgan fingerprint density at radius 1 is 1.06 bits per heavy atom. The number of hydrogen-bond acceptors (Lipinski definition) is 5. The Balaban J connectivity index is 1.37. The summed E-state index contributed by atoms with van der Waals surface area (Å²) in [5, 5.41) is 0.953. The molecule has 4 rings (SSSR count). The summed E-state index contributed by atoms with van der Waals surface area (Å²) in [4.78, 5) is 16.4. The van der Waals surface area contributed by atoms with Gasteiger partial charge in [0.15, 0.2) is 0 Å². The predicted octanol–water partition coefficient (Wildman–Crippen LogP) is 3.41. The highest BCUT2D eigenvalue weighted by Gasteiger charge is 2.31. The third-order valence-electron chi connectivity index (χ3n) is 6.14. The zero-order chi connectivity index (χ0) is 22.9. The minimum absolute atomic E-state index is 0.367. The molecule has 0 spiro atoms. The maximum absolute atomic E-state index is 12.9. The van der Waals surface area contributed by atoms with Crippen LogP contribution >= 0.6 is 0 Å². The number of nitrogens with zero attached hydrogens (tertiary/aromatic N) is 3. The number of amides is 1. The Labute approximate surface area is 189 Å². The van der Waals surface area contributed by atoms with Crippen molar-refractivity contribution in [3.63, 3.8) is 0 Å². The van der Waals surface area contributed by atoms with Crippen molar-refractivity contribution < 1.29 is 17.6 Å². The largest absolute Gasteiger partial charge is 0.459 e.